The first-order chi connectivity index (χ1) is 8.33. The van der Waals surface area contributed by atoms with Crippen LogP contribution in [0.2, 0.25) is 0 Å². The summed E-state index contributed by atoms with van der Waals surface area (Å²) in [5.74, 6) is 0. The molecule has 0 bridgehead atoms. The summed E-state index contributed by atoms with van der Waals surface area (Å²) in [7, 11) is 2.15. The lowest BCUT2D eigenvalue weighted by Gasteiger charge is -2.21. The number of hydrogen-bond acceptors (Lipinski definition) is 2. The lowest BCUT2D eigenvalue weighted by Crippen LogP contribution is -2.19. The van der Waals surface area contributed by atoms with Crippen LogP contribution in [0.15, 0.2) is 42.5 Å². The van der Waals surface area contributed by atoms with Gasteiger partial charge in [-0.3, -0.25) is 0 Å². The molecule has 0 aliphatic heterocycles. The Labute approximate surface area is 103 Å². The standard InChI is InChI=1S/C15H20N2/c1-17(12-5-4-11-16)15-10-6-8-13-7-2-3-9-14(13)15/h2-3,6-10H,4-5,11-12,16H2,1H3. The number of hydrogen-bond donors (Lipinski definition) is 1. The summed E-state index contributed by atoms with van der Waals surface area (Å²) in [6.07, 6.45) is 2.24. The average molecular weight is 228 g/mol. The molecule has 0 fully saturated rings. The molecule has 2 nitrogen and oxygen atoms in total. The maximum Gasteiger partial charge on any atom is 0.0443 e. The van der Waals surface area contributed by atoms with Crippen LogP contribution in [0.5, 0.6) is 0 Å². The normalized spacial score (nSPS) is 10.7. The molecule has 2 N–H and O–H groups in total. The van der Waals surface area contributed by atoms with Crippen LogP contribution in [0.25, 0.3) is 10.8 Å². The van der Waals surface area contributed by atoms with E-state index in [-0.39, 0.29) is 0 Å². The second-order valence-electron chi connectivity index (χ2n) is 4.42. The number of nitrogens with zero attached hydrogens (tertiary/aromatic N) is 1. The second-order valence-corrected chi connectivity index (χ2v) is 4.42. The fourth-order valence-corrected chi connectivity index (χ4v) is 2.15. The molecule has 0 amide bonds. The Balaban J connectivity index is 2.22. The van der Waals surface area contributed by atoms with Gasteiger partial charge in [0, 0.05) is 24.7 Å². The Bertz CT molecular complexity index is 474. The fourth-order valence-electron chi connectivity index (χ4n) is 2.15. The van der Waals surface area contributed by atoms with Gasteiger partial charge in [-0.25, -0.2) is 0 Å². The van der Waals surface area contributed by atoms with Crippen molar-refractivity contribution in [1.29, 1.82) is 0 Å². The zero-order valence-corrected chi connectivity index (χ0v) is 10.4. The largest absolute Gasteiger partial charge is 0.374 e. The van der Waals surface area contributed by atoms with Crippen molar-refractivity contribution in [2.45, 2.75) is 12.8 Å². The highest BCUT2D eigenvalue weighted by Crippen LogP contribution is 2.25. The van der Waals surface area contributed by atoms with Gasteiger partial charge in [-0.1, -0.05) is 36.4 Å². The van der Waals surface area contributed by atoms with Gasteiger partial charge in [0.25, 0.3) is 0 Å². The minimum atomic E-state index is 0.781. The van der Waals surface area contributed by atoms with Crippen LogP contribution >= 0.6 is 0 Å². The van der Waals surface area contributed by atoms with Crippen molar-refractivity contribution in [3.05, 3.63) is 42.5 Å². The summed E-state index contributed by atoms with van der Waals surface area (Å²) in [5.41, 5.74) is 6.83. The van der Waals surface area contributed by atoms with Crippen LogP contribution < -0.4 is 10.6 Å². The van der Waals surface area contributed by atoms with Gasteiger partial charge in [-0.05, 0) is 30.8 Å². The van der Waals surface area contributed by atoms with Crippen molar-refractivity contribution in [3.63, 3.8) is 0 Å². The van der Waals surface area contributed by atoms with Gasteiger partial charge in [0.1, 0.15) is 0 Å². The maximum atomic E-state index is 5.53. The molecule has 2 heteroatoms. The predicted octanol–water partition coefficient (Wildman–Crippen LogP) is 3.01. The van der Waals surface area contributed by atoms with Crippen molar-refractivity contribution in [2.24, 2.45) is 5.73 Å². The zero-order valence-electron chi connectivity index (χ0n) is 10.4. The smallest absolute Gasteiger partial charge is 0.0443 e. The van der Waals surface area contributed by atoms with E-state index in [2.05, 4.69) is 54.4 Å². The van der Waals surface area contributed by atoms with Gasteiger partial charge in [-0.15, -0.1) is 0 Å². The quantitative estimate of drug-likeness (QED) is 0.797. The molecule has 2 rings (SSSR count). The molecule has 0 spiro atoms. The Kier molecular flexibility index (Phi) is 3.99. The van der Waals surface area contributed by atoms with Crippen LogP contribution in [-0.4, -0.2) is 20.1 Å². The number of fused-ring (bicyclic) bond motifs is 1. The molecule has 0 heterocycles. The van der Waals surface area contributed by atoms with Crippen molar-refractivity contribution in [3.8, 4) is 0 Å². The van der Waals surface area contributed by atoms with E-state index in [9.17, 15) is 0 Å². The van der Waals surface area contributed by atoms with Gasteiger partial charge in [0.2, 0.25) is 0 Å². The lowest BCUT2D eigenvalue weighted by molar-refractivity contribution is 0.729. The topological polar surface area (TPSA) is 29.3 Å². The molecule has 0 aromatic heterocycles. The van der Waals surface area contributed by atoms with Crippen LogP contribution in [0, 0.1) is 0 Å². The highest BCUT2D eigenvalue weighted by atomic mass is 15.1. The van der Waals surface area contributed by atoms with E-state index < -0.39 is 0 Å². The summed E-state index contributed by atoms with van der Waals surface area (Å²) >= 11 is 0. The zero-order chi connectivity index (χ0) is 12.1. The Morgan fingerprint density at radius 3 is 2.59 bits per heavy atom. The number of anilines is 1. The Hall–Kier alpha value is -1.54. The molecule has 2 aromatic rings. The van der Waals surface area contributed by atoms with E-state index in [0.29, 0.717) is 0 Å². The molecule has 0 aliphatic rings. The van der Waals surface area contributed by atoms with Crippen molar-refractivity contribution in [1.82, 2.24) is 0 Å². The molecule has 0 saturated heterocycles. The van der Waals surface area contributed by atoms with Gasteiger partial charge in [-0.2, -0.15) is 0 Å². The lowest BCUT2D eigenvalue weighted by atomic mass is 10.1. The van der Waals surface area contributed by atoms with E-state index in [1.807, 2.05) is 0 Å². The molecule has 0 atom stereocenters. The first kappa shape index (κ1) is 11.9. The molecule has 0 aliphatic carbocycles. The molecular formula is C15H20N2. The highest BCUT2D eigenvalue weighted by Gasteiger charge is 2.04. The van der Waals surface area contributed by atoms with Crippen LogP contribution in [0.1, 0.15) is 12.8 Å². The van der Waals surface area contributed by atoms with E-state index >= 15 is 0 Å². The van der Waals surface area contributed by atoms with E-state index in [1.54, 1.807) is 0 Å². The third-order valence-corrected chi connectivity index (χ3v) is 3.13. The summed E-state index contributed by atoms with van der Waals surface area (Å²) in [5, 5.41) is 2.63. The first-order valence-electron chi connectivity index (χ1n) is 6.22. The monoisotopic (exact) mass is 228 g/mol. The molecular weight excluding hydrogens is 208 g/mol. The number of rotatable bonds is 5. The van der Waals surface area contributed by atoms with E-state index in [0.717, 1.165) is 25.9 Å². The van der Waals surface area contributed by atoms with Crippen molar-refractivity contribution < 1.29 is 0 Å². The number of benzene rings is 2. The van der Waals surface area contributed by atoms with Gasteiger partial charge < -0.3 is 10.6 Å². The predicted molar refractivity (Wildman–Crippen MR) is 75.5 cm³/mol. The molecule has 17 heavy (non-hydrogen) atoms. The summed E-state index contributed by atoms with van der Waals surface area (Å²) in [4.78, 5) is 2.32. The minimum Gasteiger partial charge on any atom is -0.374 e. The Morgan fingerprint density at radius 1 is 1.00 bits per heavy atom. The van der Waals surface area contributed by atoms with E-state index in [4.69, 9.17) is 5.73 Å². The minimum absolute atomic E-state index is 0.781. The summed E-state index contributed by atoms with van der Waals surface area (Å²) < 4.78 is 0. The molecule has 0 unspecified atom stereocenters. The van der Waals surface area contributed by atoms with Gasteiger partial charge in [0.05, 0.1) is 0 Å². The van der Waals surface area contributed by atoms with Crippen LogP contribution in [0.4, 0.5) is 5.69 Å². The van der Waals surface area contributed by atoms with Gasteiger partial charge >= 0.3 is 0 Å². The molecule has 0 radical (unpaired) electrons. The molecule has 0 saturated carbocycles. The Morgan fingerprint density at radius 2 is 1.76 bits per heavy atom. The van der Waals surface area contributed by atoms with Crippen LogP contribution in [0.3, 0.4) is 0 Å². The van der Waals surface area contributed by atoms with Crippen molar-refractivity contribution >= 4 is 16.5 Å². The number of unbranched alkanes of at least 4 members (excludes halogenated alkanes) is 1. The van der Waals surface area contributed by atoms with Crippen LogP contribution in [-0.2, 0) is 0 Å². The fraction of sp³-hybridized carbons (Fsp3) is 0.333. The van der Waals surface area contributed by atoms with Crippen molar-refractivity contribution in [2.75, 3.05) is 25.0 Å². The van der Waals surface area contributed by atoms with E-state index in [1.165, 1.54) is 16.5 Å². The maximum absolute atomic E-state index is 5.53. The van der Waals surface area contributed by atoms with Gasteiger partial charge in [0.15, 0.2) is 0 Å². The average Bonchev–Trinajstić information content (AvgIpc) is 2.38. The molecule has 90 valence electrons. The summed E-state index contributed by atoms with van der Waals surface area (Å²) in [6, 6.07) is 15.0. The SMILES string of the molecule is CN(CCCCN)c1cccc2ccccc12. The third-order valence-electron chi connectivity index (χ3n) is 3.13. The third kappa shape index (κ3) is 2.77. The summed E-state index contributed by atoms with van der Waals surface area (Å²) in [6.45, 7) is 1.84. The number of nitrogens with two attached hydrogens (primary N) is 1. The highest BCUT2D eigenvalue weighted by molar-refractivity contribution is 5.94. The molecule has 2 aromatic carbocycles. The first-order valence-corrected chi connectivity index (χ1v) is 6.22. The second kappa shape index (κ2) is 5.69.